The summed E-state index contributed by atoms with van der Waals surface area (Å²) in [5, 5.41) is 31.6. The van der Waals surface area contributed by atoms with Gasteiger partial charge in [0.15, 0.2) is 5.72 Å². The summed E-state index contributed by atoms with van der Waals surface area (Å²) in [6.07, 6.45) is 0.257. The van der Waals surface area contributed by atoms with Crippen molar-refractivity contribution in [3.63, 3.8) is 0 Å². The summed E-state index contributed by atoms with van der Waals surface area (Å²) in [4.78, 5) is 20.4. The average molecular weight is 267 g/mol. The maximum atomic E-state index is 10.4. The molecule has 0 aromatic rings. The van der Waals surface area contributed by atoms with Gasteiger partial charge in [-0.1, -0.05) is 13.3 Å². The van der Waals surface area contributed by atoms with Crippen molar-refractivity contribution >= 4 is 11.9 Å². The topological polar surface area (TPSA) is 113 Å². The molecule has 0 amide bonds. The first-order chi connectivity index (χ1) is 5.92. The van der Waals surface area contributed by atoms with Crippen LogP contribution in [0.4, 0.5) is 0 Å². The fourth-order valence-corrected chi connectivity index (χ4v) is 0.843. The van der Waals surface area contributed by atoms with Crippen LogP contribution in [0.1, 0.15) is 19.8 Å². The molecule has 0 aliphatic carbocycles. The first-order valence-corrected chi connectivity index (χ1v) is 3.81. The van der Waals surface area contributed by atoms with Crippen LogP contribution in [-0.4, -0.2) is 29.3 Å². The van der Waals surface area contributed by atoms with Crippen LogP contribution in [0.2, 0.25) is 0 Å². The van der Waals surface area contributed by atoms with Gasteiger partial charge in [0.05, 0.1) is 11.9 Å². The van der Waals surface area contributed by atoms with E-state index in [1.165, 1.54) is 0 Å². The van der Waals surface area contributed by atoms with Crippen LogP contribution in [0.5, 0.6) is 0 Å². The Bertz CT molecular complexity index is 214. The molecule has 8 heteroatoms. The number of carboxylic acid groups (broad SMARTS) is 2. The predicted octanol–water partition coefficient (Wildman–Crippen LogP) is -9.43. The van der Waals surface area contributed by atoms with Crippen molar-refractivity contribution in [1.82, 2.24) is 5.32 Å². The average Bonchev–Trinajstić information content (AvgIpc) is 2.01. The molecule has 2 N–H and O–H groups in total. The number of carboxylic acids is 2. The molecule has 1 unspecified atom stereocenters. The molecule has 0 radical (unpaired) electrons. The minimum Gasteiger partial charge on any atom is -0.549 e. The van der Waals surface area contributed by atoms with E-state index in [9.17, 15) is 24.9 Å². The second-order valence-corrected chi connectivity index (χ2v) is 2.62. The first-order valence-electron chi connectivity index (χ1n) is 3.81. The minimum absolute atomic E-state index is 0. The summed E-state index contributed by atoms with van der Waals surface area (Å²) >= 11 is 0. The summed E-state index contributed by atoms with van der Waals surface area (Å²) in [5.74, 6) is -3.23. The molecule has 0 bridgehead atoms. The van der Waals surface area contributed by atoms with Crippen molar-refractivity contribution in [2.75, 3.05) is 6.54 Å². The molecular formula is C7H11K2NO5. The van der Waals surface area contributed by atoms with Crippen molar-refractivity contribution in [3.05, 3.63) is 0 Å². The summed E-state index contributed by atoms with van der Waals surface area (Å²) in [6, 6.07) is 0. The van der Waals surface area contributed by atoms with Crippen LogP contribution in [-0.2, 0) is 9.59 Å². The van der Waals surface area contributed by atoms with Gasteiger partial charge < -0.3 is 24.9 Å². The molecule has 0 aliphatic rings. The molecule has 0 spiro atoms. The van der Waals surface area contributed by atoms with Crippen LogP contribution in [0.3, 0.4) is 0 Å². The molecular weight excluding hydrogens is 256 g/mol. The van der Waals surface area contributed by atoms with Crippen molar-refractivity contribution in [2.45, 2.75) is 25.5 Å². The zero-order chi connectivity index (χ0) is 10.5. The monoisotopic (exact) mass is 267 g/mol. The Morgan fingerprint density at radius 3 is 2.07 bits per heavy atom. The van der Waals surface area contributed by atoms with E-state index in [1.54, 1.807) is 6.92 Å². The molecule has 76 valence electrons. The van der Waals surface area contributed by atoms with E-state index in [-0.39, 0.29) is 109 Å². The molecule has 0 rings (SSSR count). The van der Waals surface area contributed by atoms with Crippen LogP contribution in [0.25, 0.3) is 0 Å². The number of aliphatic carboxylic acids is 2. The van der Waals surface area contributed by atoms with Crippen LogP contribution in [0, 0.1) is 0 Å². The van der Waals surface area contributed by atoms with E-state index in [2.05, 4.69) is 0 Å². The normalized spacial score (nSPS) is 12.9. The fraction of sp³-hybridized carbons (Fsp3) is 0.714. The minimum atomic E-state index is -2.28. The van der Waals surface area contributed by atoms with Crippen LogP contribution < -0.4 is 118 Å². The fourth-order valence-electron chi connectivity index (χ4n) is 0.843. The Balaban J connectivity index is -0.000000720. The maximum Gasteiger partial charge on any atom is 1.00 e. The van der Waals surface area contributed by atoms with Gasteiger partial charge in [0.2, 0.25) is 0 Å². The number of hydrogen-bond donors (Lipinski definition) is 2. The Morgan fingerprint density at radius 2 is 1.80 bits per heavy atom. The zero-order valence-corrected chi connectivity index (χ0v) is 15.4. The van der Waals surface area contributed by atoms with Crippen LogP contribution in [0.15, 0.2) is 0 Å². The molecule has 0 heterocycles. The molecule has 0 saturated heterocycles. The predicted molar refractivity (Wildman–Crippen MR) is 37.9 cm³/mol. The van der Waals surface area contributed by atoms with Gasteiger partial charge in [-0.15, -0.1) is 0 Å². The quantitative estimate of drug-likeness (QED) is 0.365. The summed E-state index contributed by atoms with van der Waals surface area (Å²) < 4.78 is 0. The largest absolute Gasteiger partial charge is 1.00 e. The van der Waals surface area contributed by atoms with E-state index < -0.39 is 24.2 Å². The smallest absolute Gasteiger partial charge is 0.549 e. The van der Waals surface area contributed by atoms with Gasteiger partial charge in [-0.2, -0.15) is 0 Å². The van der Waals surface area contributed by atoms with Gasteiger partial charge in [-0.25, -0.2) is 0 Å². The van der Waals surface area contributed by atoms with Gasteiger partial charge in [0.1, 0.15) is 0 Å². The second kappa shape index (κ2) is 11.2. The summed E-state index contributed by atoms with van der Waals surface area (Å²) in [5.41, 5.74) is -2.28. The zero-order valence-electron chi connectivity index (χ0n) is 9.20. The Labute approximate surface area is 173 Å². The second-order valence-electron chi connectivity index (χ2n) is 2.62. The SMILES string of the molecule is CCCC(O)(NCC(=O)[O-])C(=O)[O-].[K+].[K+]. The van der Waals surface area contributed by atoms with E-state index >= 15 is 0 Å². The third-order valence-electron chi connectivity index (χ3n) is 1.47. The van der Waals surface area contributed by atoms with Crippen molar-refractivity contribution in [3.8, 4) is 0 Å². The number of carbonyl (C=O) groups is 2. The van der Waals surface area contributed by atoms with Gasteiger partial charge in [-0.3, -0.25) is 5.32 Å². The number of carbonyl (C=O) groups excluding carboxylic acids is 2. The molecule has 6 nitrogen and oxygen atoms in total. The van der Waals surface area contributed by atoms with Crippen molar-refractivity contribution in [1.29, 1.82) is 0 Å². The molecule has 0 saturated carbocycles. The first kappa shape index (κ1) is 22.3. The number of rotatable bonds is 6. The van der Waals surface area contributed by atoms with E-state index in [0.29, 0.717) is 6.42 Å². The molecule has 0 aliphatic heterocycles. The van der Waals surface area contributed by atoms with E-state index in [0.717, 1.165) is 0 Å². The van der Waals surface area contributed by atoms with Gasteiger partial charge in [0, 0.05) is 6.54 Å². The third-order valence-corrected chi connectivity index (χ3v) is 1.47. The molecule has 0 aromatic heterocycles. The van der Waals surface area contributed by atoms with Crippen LogP contribution >= 0.6 is 0 Å². The van der Waals surface area contributed by atoms with Gasteiger partial charge in [-0.05, 0) is 6.42 Å². The molecule has 0 aromatic carbocycles. The standard InChI is InChI=1S/C7H13NO5.2K/c1-2-3-7(13,6(11)12)8-4-5(9)10;;/h8,13H,2-4H2,1H3,(H,9,10)(H,11,12);;/q;2*+1/p-2. The van der Waals surface area contributed by atoms with E-state index in [4.69, 9.17) is 0 Å². The Kier molecular flexibility index (Phi) is 16.7. The molecule has 1 atom stereocenters. The number of aliphatic hydroxyl groups is 1. The Hall–Kier alpha value is 2.13. The number of hydrogen-bond acceptors (Lipinski definition) is 6. The van der Waals surface area contributed by atoms with Gasteiger partial charge in [0.25, 0.3) is 0 Å². The van der Waals surface area contributed by atoms with Crippen molar-refractivity contribution in [2.24, 2.45) is 0 Å². The van der Waals surface area contributed by atoms with Crippen molar-refractivity contribution < 1.29 is 128 Å². The number of nitrogens with one attached hydrogen (secondary N) is 1. The maximum absolute atomic E-state index is 10.4. The summed E-state index contributed by atoms with van der Waals surface area (Å²) in [7, 11) is 0. The summed E-state index contributed by atoms with van der Waals surface area (Å²) in [6.45, 7) is 0.916. The molecule has 15 heavy (non-hydrogen) atoms. The molecule has 0 fully saturated rings. The van der Waals surface area contributed by atoms with E-state index in [1.807, 2.05) is 5.32 Å². The third kappa shape index (κ3) is 9.80. The van der Waals surface area contributed by atoms with Gasteiger partial charge >= 0.3 is 103 Å². The Morgan fingerprint density at radius 1 is 1.33 bits per heavy atom.